The van der Waals surface area contributed by atoms with Gasteiger partial charge in [-0.2, -0.15) is 4.31 Å². The van der Waals surface area contributed by atoms with Crippen LogP contribution >= 0.6 is 11.6 Å². The first-order valence-corrected chi connectivity index (χ1v) is 11.6. The van der Waals surface area contributed by atoms with Crippen molar-refractivity contribution in [2.45, 2.75) is 43.4 Å². The Labute approximate surface area is 166 Å². The predicted molar refractivity (Wildman–Crippen MR) is 107 cm³/mol. The van der Waals surface area contributed by atoms with Crippen LogP contribution in [0.4, 0.5) is 0 Å². The molecular weight excluding hydrogens is 386 g/mol. The number of carbonyl (C=O) groups is 1. The molecule has 0 radical (unpaired) electrons. The number of hydrogen-bond donors (Lipinski definition) is 1. The van der Waals surface area contributed by atoms with Crippen LogP contribution in [0.15, 0.2) is 23.1 Å². The molecule has 1 aromatic rings. The molecule has 0 aromatic heterocycles. The lowest BCUT2D eigenvalue weighted by atomic mass is 10.1. The van der Waals surface area contributed by atoms with E-state index in [1.807, 2.05) is 0 Å². The molecule has 2 aliphatic heterocycles. The van der Waals surface area contributed by atoms with Crippen molar-refractivity contribution in [3.63, 3.8) is 0 Å². The number of hydrogen-bond acceptors (Lipinski definition) is 4. The van der Waals surface area contributed by atoms with Crippen LogP contribution in [0.3, 0.4) is 0 Å². The van der Waals surface area contributed by atoms with E-state index in [1.165, 1.54) is 41.8 Å². The lowest BCUT2D eigenvalue weighted by Crippen LogP contribution is -2.33. The van der Waals surface area contributed by atoms with Crippen molar-refractivity contribution in [2.75, 3.05) is 39.3 Å². The Balaban J connectivity index is 1.59. The van der Waals surface area contributed by atoms with Crippen LogP contribution in [0.5, 0.6) is 0 Å². The minimum absolute atomic E-state index is 0.132. The number of rotatable bonds is 7. The molecule has 2 fully saturated rings. The van der Waals surface area contributed by atoms with Gasteiger partial charge in [-0.1, -0.05) is 18.0 Å². The van der Waals surface area contributed by atoms with Gasteiger partial charge in [0.05, 0.1) is 15.5 Å². The van der Waals surface area contributed by atoms with Gasteiger partial charge in [0.15, 0.2) is 0 Å². The lowest BCUT2D eigenvalue weighted by molar-refractivity contribution is 0.0951. The first-order valence-electron chi connectivity index (χ1n) is 9.79. The van der Waals surface area contributed by atoms with Gasteiger partial charge in [0.1, 0.15) is 0 Å². The van der Waals surface area contributed by atoms with Crippen LogP contribution in [0.2, 0.25) is 5.02 Å². The number of carbonyl (C=O) groups excluding carboxylic acids is 1. The fourth-order valence-corrected chi connectivity index (χ4v) is 5.45. The molecule has 0 bridgehead atoms. The number of amides is 1. The van der Waals surface area contributed by atoms with Gasteiger partial charge in [-0.25, -0.2) is 8.42 Å². The van der Waals surface area contributed by atoms with Gasteiger partial charge in [0.2, 0.25) is 10.0 Å². The van der Waals surface area contributed by atoms with Gasteiger partial charge in [0, 0.05) is 19.6 Å². The highest BCUT2D eigenvalue weighted by molar-refractivity contribution is 7.89. The van der Waals surface area contributed by atoms with Crippen molar-refractivity contribution in [3.8, 4) is 0 Å². The summed E-state index contributed by atoms with van der Waals surface area (Å²) in [5.74, 6) is -0.322. The summed E-state index contributed by atoms with van der Waals surface area (Å²) in [7, 11) is -3.56. The Morgan fingerprint density at radius 3 is 2.41 bits per heavy atom. The third-order valence-electron chi connectivity index (χ3n) is 5.27. The number of likely N-dealkylation sites (tertiary alicyclic amines) is 1. The second-order valence-electron chi connectivity index (χ2n) is 7.26. The van der Waals surface area contributed by atoms with Crippen molar-refractivity contribution >= 4 is 27.5 Å². The Morgan fingerprint density at radius 1 is 1.04 bits per heavy atom. The molecule has 27 heavy (non-hydrogen) atoms. The van der Waals surface area contributed by atoms with E-state index in [-0.39, 0.29) is 21.4 Å². The van der Waals surface area contributed by atoms with Gasteiger partial charge < -0.3 is 10.2 Å². The standard InChI is InChI=1S/C19H28ClN3O3S/c20-18-8-7-16(27(25,26)23-13-4-5-14-23)15-17(18)19(24)21-9-6-12-22-10-2-1-3-11-22/h7-8,15H,1-6,9-14H2,(H,21,24). The van der Waals surface area contributed by atoms with E-state index in [1.54, 1.807) is 0 Å². The molecular formula is C19H28ClN3O3S. The van der Waals surface area contributed by atoms with Gasteiger partial charge >= 0.3 is 0 Å². The number of sulfonamides is 1. The zero-order valence-corrected chi connectivity index (χ0v) is 17.2. The molecule has 0 atom stereocenters. The summed E-state index contributed by atoms with van der Waals surface area (Å²) < 4.78 is 26.9. The maximum Gasteiger partial charge on any atom is 0.252 e. The van der Waals surface area contributed by atoms with E-state index in [0.29, 0.717) is 19.6 Å². The molecule has 1 aromatic carbocycles. The normalized spacial score (nSPS) is 19.3. The summed E-state index contributed by atoms with van der Waals surface area (Å²) in [6.07, 6.45) is 6.42. The SMILES string of the molecule is O=C(NCCCN1CCCCC1)c1cc(S(=O)(=O)N2CCCC2)ccc1Cl. The topological polar surface area (TPSA) is 69.7 Å². The number of nitrogens with zero attached hydrogens (tertiary/aromatic N) is 2. The molecule has 150 valence electrons. The summed E-state index contributed by atoms with van der Waals surface area (Å²) in [5, 5.41) is 3.14. The van der Waals surface area contributed by atoms with E-state index < -0.39 is 10.0 Å². The summed E-state index contributed by atoms with van der Waals surface area (Å²) in [6, 6.07) is 4.37. The molecule has 0 spiro atoms. The zero-order valence-electron chi connectivity index (χ0n) is 15.6. The zero-order chi connectivity index (χ0) is 19.3. The van der Waals surface area contributed by atoms with Crippen LogP contribution in [0, 0.1) is 0 Å². The maximum absolute atomic E-state index is 12.7. The second-order valence-corrected chi connectivity index (χ2v) is 9.61. The van der Waals surface area contributed by atoms with Crippen LogP contribution in [0.25, 0.3) is 0 Å². The Hall–Kier alpha value is -1.15. The third-order valence-corrected chi connectivity index (χ3v) is 7.49. The summed E-state index contributed by atoms with van der Waals surface area (Å²) in [6.45, 7) is 4.85. The quantitative estimate of drug-likeness (QED) is 0.698. The molecule has 2 aliphatic rings. The summed E-state index contributed by atoms with van der Waals surface area (Å²) in [4.78, 5) is 15.1. The molecule has 1 N–H and O–H groups in total. The van der Waals surface area contributed by atoms with E-state index >= 15 is 0 Å². The van der Waals surface area contributed by atoms with Crippen molar-refractivity contribution in [1.29, 1.82) is 0 Å². The Bertz CT molecular complexity index is 757. The van der Waals surface area contributed by atoms with Crippen LogP contribution in [-0.4, -0.2) is 62.8 Å². The van der Waals surface area contributed by atoms with E-state index in [9.17, 15) is 13.2 Å². The largest absolute Gasteiger partial charge is 0.352 e. The number of halogens is 1. The van der Waals surface area contributed by atoms with Crippen LogP contribution in [-0.2, 0) is 10.0 Å². The summed E-state index contributed by atoms with van der Waals surface area (Å²) >= 11 is 6.16. The second kappa shape index (κ2) is 9.37. The maximum atomic E-state index is 12.7. The van der Waals surface area contributed by atoms with Crippen molar-refractivity contribution < 1.29 is 13.2 Å². The third kappa shape index (κ3) is 5.22. The molecule has 2 saturated heterocycles. The fourth-order valence-electron chi connectivity index (χ4n) is 3.70. The van der Waals surface area contributed by atoms with Crippen LogP contribution in [0.1, 0.15) is 48.9 Å². The first-order chi connectivity index (χ1) is 13.0. The molecule has 1 amide bonds. The van der Waals surface area contributed by atoms with Crippen molar-refractivity contribution in [3.05, 3.63) is 28.8 Å². The molecule has 6 nitrogen and oxygen atoms in total. The van der Waals surface area contributed by atoms with E-state index in [0.717, 1.165) is 38.9 Å². The molecule has 8 heteroatoms. The van der Waals surface area contributed by atoms with Crippen LogP contribution < -0.4 is 5.32 Å². The highest BCUT2D eigenvalue weighted by atomic mass is 35.5. The van der Waals surface area contributed by atoms with Gasteiger partial charge in [0.25, 0.3) is 5.91 Å². The minimum atomic E-state index is -3.56. The summed E-state index contributed by atoms with van der Waals surface area (Å²) in [5.41, 5.74) is 0.218. The molecule has 2 heterocycles. The lowest BCUT2D eigenvalue weighted by Gasteiger charge is -2.26. The van der Waals surface area contributed by atoms with Gasteiger partial charge in [-0.05, 0) is 69.9 Å². The Kier molecular flexibility index (Phi) is 7.14. The fraction of sp³-hybridized carbons (Fsp3) is 0.632. The Morgan fingerprint density at radius 2 is 1.70 bits per heavy atom. The highest BCUT2D eigenvalue weighted by Gasteiger charge is 2.28. The smallest absolute Gasteiger partial charge is 0.252 e. The highest BCUT2D eigenvalue weighted by Crippen LogP contribution is 2.25. The van der Waals surface area contributed by atoms with E-state index in [2.05, 4.69) is 10.2 Å². The molecule has 0 unspecified atom stereocenters. The van der Waals surface area contributed by atoms with Gasteiger partial charge in [-0.15, -0.1) is 0 Å². The molecule has 3 rings (SSSR count). The monoisotopic (exact) mass is 413 g/mol. The average molecular weight is 414 g/mol. The van der Waals surface area contributed by atoms with Gasteiger partial charge in [-0.3, -0.25) is 4.79 Å². The predicted octanol–water partition coefficient (Wildman–Crippen LogP) is 2.73. The number of nitrogens with one attached hydrogen (secondary N) is 1. The molecule has 0 saturated carbocycles. The van der Waals surface area contributed by atoms with Crippen molar-refractivity contribution in [2.24, 2.45) is 0 Å². The van der Waals surface area contributed by atoms with Crippen molar-refractivity contribution in [1.82, 2.24) is 14.5 Å². The number of benzene rings is 1. The average Bonchev–Trinajstić information content (AvgIpc) is 3.22. The minimum Gasteiger partial charge on any atom is -0.352 e. The number of piperidine rings is 1. The van der Waals surface area contributed by atoms with E-state index in [4.69, 9.17) is 11.6 Å². The first kappa shape index (κ1) is 20.6. The molecule has 0 aliphatic carbocycles.